The second kappa shape index (κ2) is 7.93. The van der Waals surface area contributed by atoms with Crippen LogP contribution in [0.2, 0.25) is 0 Å². The summed E-state index contributed by atoms with van der Waals surface area (Å²) in [7, 11) is 0. The van der Waals surface area contributed by atoms with Crippen LogP contribution >= 0.6 is 0 Å². The molecule has 0 aliphatic heterocycles. The first-order valence-corrected chi connectivity index (χ1v) is 7.40. The minimum Gasteiger partial charge on any atom is -0.370 e. The normalized spacial score (nSPS) is 11.1. The van der Waals surface area contributed by atoms with Gasteiger partial charge in [-0.3, -0.25) is 9.79 Å². The number of nitrogens with one attached hydrogen (secondary N) is 2. The topological polar surface area (TPSA) is 92.4 Å². The second-order valence-corrected chi connectivity index (χ2v) is 5.22. The van der Waals surface area contributed by atoms with Gasteiger partial charge in [0, 0.05) is 17.8 Å². The highest BCUT2D eigenvalue weighted by Crippen LogP contribution is 2.09. The largest absolute Gasteiger partial charge is 0.370 e. The zero-order chi connectivity index (χ0) is 16.7. The van der Waals surface area contributed by atoms with Gasteiger partial charge in [-0.05, 0) is 43.7 Å². The molecule has 0 bridgehead atoms. The number of hydrogen-bond acceptors (Lipinski definition) is 3. The predicted octanol–water partition coefficient (Wildman–Crippen LogP) is 2.45. The van der Waals surface area contributed by atoms with E-state index in [2.05, 4.69) is 20.6 Å². The molecule has 2 rings (SSSR count). The van der Waals surface area contributed by atoms with Crippen LogP contribution in [0.15, 0.2) is 47.5 Å². The summed E-state index contributed by atoms with van der Waals surface area (Å²) in [5.74, 6) is 0.692. The molecule has 2 aromatic rings. The first kappa shape index (κ1) is 16.5. The number of aryl methyl sites for hydroxylation is 2. The van der Waals surface area contributed by atoms with E-state index < -0.39 is 0 Å². The molecule has 1 heterocycles. The number of nitrogens with two attached hydrogens (primary N) is 1. The third kappa shape index (κ3) is 5.78. The van der Waals surface area contributed by atoms with Gasteiger partial charge in [0.2, 0.25) is 5.91 Å². The van der Waals surface area contributed by atoms with Crippen LogP contribution in [0.25, 0.3) is 0 Å². The molecule has 0 aliphatic rings. The third-order valence-corrected chi connectivity index (χ3v) is 3.07. The summed E-state index contributed by atoms with van der Waals surface area (Å²) in [4.78, 5) is 20.2. The molecule has 0 fully saturated rings. The Labute approximate surface area is 135 Å². The Bertz CT molecular complexity index is 712. The van der Waals surface area contributed by atoms with Gasteiger partial charge in [0.25, 0.3) is 0 Å². The standard InChI is InChI=1S/C17H21N5O/c1-12-5-3-7-14(11-12)21-17(18)19-10-9-16(23)22-15-8-4-6-13(2)20-15/h3-8,11H,9-10H2,1-2H3,(H3,18,19,21)(H,20,22,23). The van der Waals surface area contributed by atoms with Crippen LogP contribution < -0.4 is 16.4 Å². The Morgan fingerprint density at radius 1 is 1.17 bits per heavy atom. The Kier molecular flexibility index (Phi) is 5.68. The maximum Gasteiger partial charge on any atom is 0.227 e. The first-order chi connectivity index (χ1) is 11.0. The van der Waals surface area contributed by atoms with Crippen molar-refractivity contribution in [1.82, 2.24) is 4.98 Å². The maximum absolute atomic E-state index is 11.8. The molecule has 0 spiro atoms. The lowest BCUT2D eigenvalue weighted by atomic mass is 10.2. The van der Waals surface area contributed by atoms with Crippen molar-refractivity contribution >= 4 is 23.4 Å². The van der Waals surface area contributed by atoms with Crippen LogP contribution in [0.3, 0.4) is 0 Å². The Morgan fingerprint density at radius 3 is 2.70 bits per heavy atom. The number of carbonyl (C=O) groups is 1. The molecule has 23 heavy (non-hydrogen) atoms. The molecule has 0 saturated carbocycles. The summed E-state index contributed by atoms with van der Waals surface area (Å²) in [5, 5.41) is 5.73. The molecule has 0 unspecified atom stereocenters. The van der Waals surface area contributed by atoms with Crippen molar-refractivity contribution in [3.63, 3.8) is 0 Å². The highest BCUT2D eigenvalue weighted by molar-refractivity contribution is 5.93. The lowest BCUT2D eigenvalue weighted by Gasteiger charge is -2.07. The number of aliphatic imine (C=N–C) groups is 1. The molecular formula is C17H21N5O. The molecule has 6 nitrogen and oxygen atoms in total. The zero-order valence-corrected chi connectivity index (χ0v) is 13.3. The number of rotatable bonds is 5. The minimum atomic E-state index is -0.143. The van der Waals surface area contributed by atoms with E-state index in [0.717, 1.165) is 16.9 Å². The van der Waals surface area contributed by atoms with E-state index in [4.69, 9.17) is 5.73 Å². The van der Waals surface area contributed by atoms with Crippen LogP contribution in [0.4, 0.5) is 11.5 Å². The molecule has 1 aromatic carbocycles. The van der Waals surface area contributed by atoms with Gasteiger partial charge in [0.05, 0.1) is 6.54 Å². The van der Waals surface area contributed by atoms with Gasteiger partial charge in [-0.1, -0.05) is 18.2 Å². The highest BCUT2D eigenvalue weighted by Gasteiger charge is 2.03. The van der Waals surface area contributed by atoms with Crippen molar-refractivity contribution in [3.8, 4) is 0 Å². The summed E-state index contributed by atoms with van der Waals surface area (Å²) in [6.07, 6.45) is 0.242. The van der Waals surface area contributed by atoms with Gasteiger partial charge in [-0.15, -0.1) is 0 Å². The molecule has 0 saturated heterocycles. The SMILES string of the molecule is Cc1cccc(NC(N)=NCCC(=O)Nc2cccc(C)n2)c1. The van der Waals surface area contributed by atoms with E-state index in [1.165, 1.54) is 0 Å². The van der Waals surface area contributed by atoms with Crippen molar-refractivity contribution in [1.29, 1.82) is 0 Å². The zero-order valence-electron chi connectivity index (χ0n) is 13.3. The summed E-state index contributed by atoms with van der Waals surface area (Å²) in [6.45, 7) is 4.18. The van der Waals surface area contributed by atoms with Crippen molar-refractivity contribution in [2.75, 3.05) is 17.2 Å². The maximum atomic E-state index is 11.8. The summed E-state index contributed by atoms with van der Waals surface area (Å²) in [6, 6.07) is 13.3. The molecule has 1 aromatic heterocycles. The van der Waals surface area contributed by atoms with Crippen LogP contribution in [-0.2, 0) is 4.79 Å². The molecule has 0 aliphatic carbocycles. The predicted molar refractivity (Wildman–Crippen MR) is 93.5 cm³/mol. The van der Waals surface area contributed by atoms with Crippen molar-refractivity contribution < 1.29 is 4.79 Å². The number of hydrogen-bond donors (Lipinski definition) is 3. The molecule has 120 valence electrons. The summed E-state index contributed by atoms with van der Waals surface area (Å²) in [5.41, 5.74) is 8.67. The molecule has 0 radical (unpaired) electrons. The molecule has 6 heteroatoms. The van der Waals surface area contributed by atoms with Crippen molar-refractivity contribution in [3.05, 3.63) is 53.7 Å². The second-order valence-electron chi connectivity index (χ2n) is 5.22. The number of nitrogens with zero attached hydrogens (tertiary/aromatic N) is 2. The lowest BCUT2D eigenvalue weighted by molar-refractivity contribution is -0.116. The molecule has 4 N–H and O–H groups in total. The molecule has 1 amide bonds. The number of pyridine rings is 1. The average molecular weight is 311 g/mol. The van der Waals surface area contributed by atoms with E-state index in [0.29, 0.717) is 12.4 Å². The van der Waals surface area contributed by atoms with Gasteiger partial charge in [-0.2, -0.15) is 0 Å². The first-order valence-electron chi connectivity index (χ1n) is 7.40. The number of benzene rings is 1. The fourth-order valence-corrected chi connectivity index (χ4v) is 2.01. The fourth-order valence-electron chi connectivity index (χ4n) is 2.01. The van der Waals surface area contributed by atoms with E-state index in [1.807, 2.05) is 50.2 Å². The highest BCUT2D eigenvalue weighted by atomic mass is 16.1. The third-order valence-electron chi connectivity index (χ3n) is 3.07. The Morgan fingerprint density at radius 2 is 1.96 bits per heavy atom. The van der Waals surface area contributed by atoms with Gasteiger partial charge in [-0.25, -0.2) is 4.98 Å². The van der Waals surface area contributed by atoms with E-state index in [1.54, 1.807) is 6.07 Å². The van der Waals surface area contributed by atoms with Gasteiger partial charge in [0.15, 0.2) is 5.96 Å². The molecular weight excluding hydrogens is 290 g/mol. The van der Waals surface area contributed by atoms with Crippen molar-refractivity contribution in [2.24, 2.45) is 10.7 Å². The van der Waals surface area contributed by atoms with Crippen LogP contribution in [0.1, 0.15) is 17.7 Å². The Balaban J connectivity index is 1.79. The minimum absolute atomic E-state index is 0.143. The Hall–Kier alpha value is -2.89. The van der Waals surface area contributed by atoms with Gasteiger partial charge < -0.3 is 16.4 Å². The quantitative estimate of drug-likeness (QED) is 0.584. The average Bonchev–Trinajstić information content (AvgIpc) is 2.47. The van der Waals surface area contributed by atoms with Crippen molar-refractivity contribution in [2.45, 2.75) is 20.3 Å². The fraction of sp³-hybridized carbons (Fsp3) is 0.235. The number of aromatic nitrogens is 1. The van der Waals surface area contributed by atoms with Crippen LogP contribution in [0.5, 0.6) is 0 Å². The van der Waals surface area contributed by atoms with E-state index in [9.17, 15) is 4.79 Å². The van der Waals surface area contributed by atoms with Crippen LogP contribution in [0, 0.1) is 13.8 Å². The molecule has 0 atom stereocenters. The van der Waals surface area contributed by atoms with Gasteiger partial charge in [0.1, 0.15) is 5.82 Å². The van der Waals surface area contributed by atoms with E-state index >= 15 is 0 Å². The summed E-state index contributed by atoms with van der Waals surface area (Å²) >= 11 is 0. The van der Waals surface area contributed by atoms with Gasteiger partial charge >= 0.3 is 0 Å². The van der Waals surface area contributed by atoms with E-state index in [-0.39, 0.29) is 18.3 Å². The smallest absolute Gasteiger partial charge is 0.227 e. The number of anilines is 2. The van der Waals surface area contributed by atoms with Crippen LogP contribution in [-0.4, -0.2) is 23.4 Å². The summed E-state index contributed by atoms with van der Waals surface area (Å²) < 4.78 is 0. The number of guanidine groups is 1. The number of amides is 1. The number of carbonyl (C=O) groups excluding carboxylic acids is 1. The lowest BCUT2D eigenvalue weighted by Crippen LogP contribution is -2.23. The monoisotopic (exact) mass is 311 g/mol.